The molecule has 0 aromatic carbocycles. The number of aliphatic imine (C=N–C) groups is 1. The minimum Gasteiger partial charge on any atom is -0.359 e. The van der Waals surface area contributed by atoms with Crippen molar-refractivity contribution in [1.82, 2.24) is 5.01 Å². The molecule has 0 saturated heterocycles. The van der Waals surface area contributed by atoms with E-state index in [2.05, 4.69) is 36.3 Å². The summed E-state index contributed by atoms with van der Waals surface area (Å²) in [6.07, 6.45) is 4.43. The van der Waals surface area contributed by atoms with Crippen molar-refractivity contribution in [2.75, 3.05) is 13.3 Å². The van der Waals surface area contributed by atoms with Gasteiger partial charge in [0.05, 0.1) is 0 Å². The van der Waals surface area contributed by atoms with Gasteiger partial charge in [-0.15, -0.1) is 0 Å². The molecule has 5 heteroatoms. The van der Waals surface area contributed by atoms with Gasteiger partial charge in [-0.2, -0.15) is 5.10 Å². The van der Waals surface area contributed by atoms with E-state index in [1.165, 1.54) is 0 Å². The molecule has 0 aliphatic rings. The molecule has 0 aliphatic heterocycles. The van der Waals surface area contributed by atoms with E-state index in [1.54, 1.807) is 11.2 Å². The van der Waals surface area contributed by atoms with Gasteiger partial charge in [-0.1, -0.05) is 33.1 Å². The Hall–Kier alpha value is -0.943. The van der Waals surface area contributed by atoms with E-state index in [0.717, 1.165) is 19.1 Å². The minimum atomic E-state index is -1.03. The van der Waals surface area contributed by atoms with E-state index >= 15 is 0 Å². The summed E-state index contributed by atoms with van der Waals surface area (Å²) >= 11 is 0. The Labute approximate surface area is 112 Å². The highest BCUT2D eigenvalue weighted by Crippen LogP contribution is 2.09. The maximum Gasteiger partial charge on any atom is 0.143 e. The molecule has 0 aromatic rings. The van der Waals surface area contributed by atoms with Crippen LogP contribution in [0.25, 0.3) is 0 Å². The Kier molecular flexibility index (Phi) is 8.57. The summed E-state index contributed by atoms with van der Waals surface area (Å²) in [5, 5.41) is 5.87. The highest BCUT2D eigenvalue weighted by Gasteiger charge is 2.12. The van der Waals surface area contributed by atoms with Crippen molar-refractivity contribution in [1.29, 1.82) is 0 Å². The van der Waals surface area contributed by atoms with Crippen LogP contribution in [0.2, 0.25) is 25.7 Å². The third-order valence-corrected chi connectivity index (χ3v) is 3.89. The van der Waals surface area contributed by atoms with Crippen LogP contribution < -0.4 is 0 Å². The van der Waals surface area contributed by atoms with E-state index in [9.17, 15) is 0 Å². The van der Waals surface area contributed by atoms with Gasteiger partial charge in [0.15, 0.2) is 0 Å². The van der Waals surface area contributed by atoms with Crippen molar-refractivity contribution in [3.05, 3.63) is 12.4 Å². The standard InChI is InChI=1S/C13H27N3OSi/c1-7-9-14-13(3)16(15-8-2)12-17-10-11-18(4,5)6/h8-9H,3,7,10-12H2,1-2,4-6H3/b14-9-,15-8-. The zero-order valence-electron chi connectivity index (χ0n) is 12.4. The predicted molar refractivity (Wildman–Crippen MR) is 82.9 cm³/mol. The van der Waals surface area contributed by atoms with Gasteiger partial charge in [-0.3, -0.25) is 0 Å². The Morgan fingerprint density at radius 1 is 1.39 bits per heavy atom. The van der Waals surface area contributed by atoms with Crippen LogP contribution in [-0.4, -0.2) is 38.8 Å². The fourth-order valence-electron chi connectivity index (χ4n) is 1.11. The summed E-state index contributed by atoms with van der Waals surface area (Å²) in [6.45, 7) is 16.0. The lowest BCUT2D eigenvalue weighted by Crippen LogP contribution is -2.24. The molecule has 0 aliphatic carbocycles. The first kappa shape index (κ1) is 17.1. The highest BCUT2D eigenvalue weighted by atomic mass is 28.3. The van der Waals surface area contributed by atoms with Crippen LogP contribution in [0, 0.1) is 0 Å². The second-order valence-electron chi connectivity index (χ2n) is 5.26. The fourth-order valence-corrected chi connectivity index (χ4v) is 1.86. The lowest BCUT2D eigenvalue weighted by atomic mass is 10.5. The number of ether oxygens (including phenoxy) is 1. The summed E-state index contributed by atoms with van der Waals surface area (Å²) in [5.74, 6) is 0.614. The largest absolute Gasteiger partial charge is 0.359 e. The molecule has 4 nitrogen and oxygen atoms in total. The summed E-state index contributed by atoms with van der Waals surface area (Å²) in [5.41, 5.74) is 0. The first-order valence-corrected chi connectivity index (χ1v) is 10.2. The Morgan fingerprint density at radius 2 is 2.06 bits per heavy atom. The Bertz CT molecular complexity index is 295. The summed E-state index contributed by atoms with van der Waals surface area (Å²) in [7, 11) is -1.03. The van der Waals surface area contributed by atoms with Gasteiger partial charge in [0.1, 0.15) is 12.6 Å². The van der Waals surface area contributed by atoms with Crippen LogP contribution >= 0.6 is 0 Å². The van der Waals surface area contributed by atoms with Gasteiger partial charge in [0.2, 0.25) is 0 Å². The molecule has 0 atom stereocenters. The van der Waals surface area contributed by atoms with Gasteiger partial charge in [-0.05, 0) is 19.4 Å². The van der Waals surface area contributed by atoms with E-state index in [0.29, 0.717) is 12.6 Å². The summed E-state index contributed by atoms with van der Waals surface area (Å²) in [4.78, 5) is 4.21. The number of rotatable bonds is 9. The van der Waals surface area contributed by atoms with Crippen LogP contribution in [0.15, 0.2) is 22.5 Å². The maximum absolute atomic E-state index is 5.64. The van der Waals surface area contributed by atoms with Crippen LogP contribution in [-0.2, 0) is 4.74 Å². The number of hydrazone groups is 1. The second kappa shape index (κ2) is 9.05. The number of nitrogens with zero attached hydrogens (tertiary/aromatic N) is 3. The van der Waals surface area contributed by atoms with Crippen molar-refractivity contribution in [3.63, 3.8) is 0 Å². The van der Waals surface area contributed by atoms with Gasteiger partial charge in [0.25, 0.3) is 0 Å². The summed E-state index contributed by atoms with van der Waals surface area (Å²) < 4.78 is 5.64. The molecule has 18 heavy (non-hydrogen) atoms. The van der Waals surface area contributed by atoms with Crippen molar-refractivity contribution in [2.45, 2.75) is 46.0 Å². The zero-order chi connectivity index (χ0) is 14.0. The molecule has 0 radical (unpaired) electrons. The molecule has 0 spiro atoms. The van der Waals surface area contributed by atoms with E-state index in [1.807, 2.05) is 20.1 Å². The van der Waals surface area contributed by atoms with E-state index < -0.39 is 8.07 Å². The average Bonchev–Trinajstić information content (AvgIpc) is 2.28. The summed E-state index contributed by atoms with van der Waals surface area (Å²) in [6, 6.07) is 1.15. The smallest absolute Gasteiger partial charge is 0.143 e. The first-order valence-electron chi connectivity index (χ1n) is 6.46. The molecule has 0 bridgehead atoms. The van der Waals surface area contributed by atoms with Gasteiger partial charge >= 0.3 is 0 Å². The molecule has 0 aromatic heterocycles. The van der Waals surface area contributed by atoms with Gasteiger partial charge in [0, 0.05) is 27.1 Å². The molecule has 0 unspecified atom stereocenters. The topological polar surface area (TPSA) is 37.2 Å². The quantitative estimate of drug-likeness (QED) is 0.211. The SMILES string of the molecule is C=C(/N=C\CC)N(COCC[Si](C)(C)C)/N=C\C. The Morgan fingerprint density at radius 3 is 2.56 bits per heavy atom. The highest BCUT2D eigenvalue weighted by molar-refractivity contribution is 6.76. The lowest BCUT2D eigenvalue weighted by molar-refractivity contribution is 0.0564. The van der Waals surface area contributed by atoms with Crippen LogP contribution in [0.5, 0.6) is 0 Å². The molecule has 0 fully saturated rings. The molecular weight excluding hydrogens is 242 g/mol. The van der Waals surface area contributed by atoms with Gasteiger partial charge < -0.3 is 4.74 Å². The average molecular weight is 269 g/mol. The second-order valence-corrected chi connectivity index (χ2v) is 10.9. The molecule has 0 heterocycles. The molecule has 104 valence electrons. The third kappa shape index (κ3) is 9.12. The zero-order valence-corrected chi connectivity index (χ0v) is 13.4. The molecular formula is C13H27N3OSi. The van der Waals surface area contributed by atoms with Crippen molar-refractivity contribution in [2.24, 2.45) is 10.1 Å². The first-order chi connectivity index (χ1) is 8.40. The minimum absolute atomic E-state index is 0.411. The fraction of sp³-hybridized carbons (Fsp3) is 0.692. The van der Waals surface area contributed by atoms with Crippen molar-refractivity contribution in [3.8, 4) is 0 Å². The van der Waals surface area contributed by atoms with Crippen molar-refractivity contribution >= 4 is 20.5 Å². The van der Waals surface area contributed by atoms with Crippen molar-refractivity contribution < 1.29 is 4.74 Å². The van der Waals surface area contributed by atoms with Gasteiger partial charge in [-0.25, -0.2) is 10.0 Å². The van der Waals surface area contributed by atoms with Crippen LogP contribution in [0.3, 0.4) is 0 Å². The number of hydrogen-bond donors (Lipinski definition) is 0. The van der Waals surface area contributed by atoms with Crippen LogP contribution in [0.4, 0.5) is 0 Å². The molecule has 0 rings (SSSR count). The monoisotopic (exact) mass is 269 g/mol. The number of hydrogen-bond acceptors (Lipinski definition) is 4. The Balaban J connectivity index is 4.13. The molecule has 0 amide bonds. The third-order valence-electron chi connectivity index (χ3n) is 2.19. The van der Waals surface area contributed by atoms with Crippen LogP contribution in [0.1, 0.15) is 20.3 Å². The van der Waals surface area contributed by atoms with E-state index in [-0.39, 0.29) is 0 Å². The lowest BCUT2D eigenvalue weighted by Gasteiger charge is -2.20. The maximum atomic E-state index is 5.64. The molecule has 0 N–H and O–H groups in total. The predicted octanol–water partition coefficient (Wildman–Crippen LogP) is 3.56. The van der Waals surface area contributed by atoms with E-state index in [4.69, 9.17) is 4.74 Å². The normalized spacial score (nSPS) is 12.5. The molecule has 0 saturated carbocycles.